The van der Waals surface area contributed by atoms with E-state index in [1.807, 2.05) is 0 Å². The monoisotopic (exact) mass is 263 g/mol. The van der Waals surface area contributed by atoms with E-state index in [4.69, 9.17) is 4.74 Å². The number of nitrogens with one attached hydrogen (secondary N) is 1. The summed E-state index contributed by atoms with van der Waals surface area (Å²) >= 11 is 0. The first-order chi connectivity index (χ1) is 9.20. The Morgan fingerprint density at radius 1 is 1.47 bits per heavy atom. The van der Waals surface area contributed by atoms with Crippen LogP contribution in [0, 0.1) is 11.7 Å². The average Bonchev–Trinajstić information content (AvgIpc) is 2.45. The highest BCUT2D eigenvalue weighted by molar-refractivity contribution is 5.79. The van der Waals surface area contributed by atoms with Gasteiger partial charge in [0.05, 0.1) is 7.11 Å². The minimum absolute atomic E-state index is 0.181. The molecule has 1 aromatic rings. The van der Waals surface area contributed by atoms with Crippen molar-refractivity contribution in [1.82, 2.24) is 0 Å². The number of hydrogen-bond acceptors (Lipinski definition) is 3. The Labute approximate surface area is 112 Å². The lowest BCUT2D eigenvalue weighted by molar-refractivity contribution is -0.142. The van der Waals surface area contributed by atoms with E-state index in [9.17, 15) is 9.18 Å². The van der Waals surface area contributed by atoms with Crippen LogP contribution < -0.4 is 5.32 Å². The average molecular weight is 263 g/mol. The molecule has 0 spiro atoms. The molecule has 102 valence electrons. The number of allylic oxidation sites excluding steroid dienone is 2. The zero-order valence-electron chi connectivity index (χ0n) is 10.9. The standard InChI is InChI=1S/C15H18FNO2/c1-19-15(18)14(11-6-3-2-4-7-11)17-13-9-5-8-12(16)10-13/h2-3,5,8-11,14,17H,4,6-7H2,1H3. The van der Waals surface area contributed by atoms with Gasteiger partial charge in [-0.1, -0.05) is 18.2 Å². The zero-order chi connectivity index (χ0) is 13.7. The van der Waals surface area contributed by atoms with Gasteiger partial charge >= 0.3 is 5.97 Å². The summed E-state index contributed by atoms with van der Waals surface area (Å²) in [5.74, 6) is -0.442. The van der Waals surface area contributed by atoms with Crippen LogP contribution >= 0.6 is 0 Å². The molecule has 3 nitrogen and oxygen atoms in total. The Morgan fingerprint density at radius 2 is 2.32 bits per heavy atom. The predicted octanol–water partition coefficient (Wildman–Crippen LogP) is 3.14. The van der Waals surface area contributed by atoms with E-state index < -0.39 is 6.04 Å². The predicted molar refractivity (Wildman–Crippen MR) is 72.3 cm³/mol. The minimum atomic E-state index is -0.434. The number of anilines is 1. The van der Waals surface area contributed by atoms with Gasteiger partial charge in [0, 0.05) is 5.69 Å². The molecule has 0 saturated heterocycles. The summed E-state index contributed by atoms with van der Waals surface area (Å²) in [4.78, 5) is 11.9. The van der Waals surface area contributed by atoms with Crippen LogP contribution in [0.4, 0.5) is 10.1 Å². The second-order valence-electron chi connectivity index (χ2n) is 4.70. The summed E-state index contributed by atoms with van der Waals surface area (Å²) < 4.78 is 18.0. The van der Waals surface area contributed by atoms with E-state index in [2.05, 4.69) is 17.5 Å². The number of methoxy groups -OCH3 is 1. The van der Waals surface area contributed by atoms with Crippen LogP contribution in [0.1, 0.15) is 19.3 Å². The molecule has 0 radical (unpaired) electrons. The van der Waals surface area contributed by atoms with Crippen molar-refractivity contribution in [3.05, 3.63) is 42.2 Å². The van der Waals surface area contributed by atoms with Crippen molar-refractivity contribution in [3.8, 4) is 0 Å². The smallest absolute Gasteiger partial charge is 0.328 e. The van der Waals surface area contributed by atoms with E-state index in [1.54, 1.807) is 12.1 Å². The normalized spacial score (nSPS) is 19.8. The maximum atomic E-state index is 13.2. The fourth-order valence-electron chi connectivity index (χ4n) is 2.37. The molecule has 1 N–H and O–H groups in total. The summed E-state index contributed by atoms with van der Waals surface area (Å²) in [6.07, 6.45) is 6.92. The molecule has 1 aliphatic carbocycles. The van der Waals surface area contributed by atoms with Gasteiger partial charge in [-0.25, -0.2) is 9.18 Å². The minimum Gasteiger partial charge on any atom is -0.467 e. The van der Waals surface area contributed by atoms with Crippen molar-refractivity contribution in [2.45, 2.75) is 25.3 Å². The number of carbonyl (C=O) groups is 1. The summed E-state index contributed by atoms with van der Waals surface area (Å²) in [6, 6.07) is 5.69. The second-order valence-corrected chi connectivity index (χ2v) is 4.70. The first-order valence-corrected chi connectivity index (χ1v) is 6.45. The number of esters is 1. The van der Waals surface area contributed by atoms with Crippen molar-refractivity contribution >= 4 is 11.7 Å². The number of ether oxygens (including phenoxy) is 1. The van der Waals surface area contributed by atoms with Gasteiger partial charge in [-0.3, -0.25) is 0 Å². The molecule has 1 aliphatic rings. The number of rotatable bonds is 4. The first-order valence-electron chi connectivity index (χ1n) is 6.45. The molecule has 0 aromatic heterocycles. The van der Waals surface area contributed by atoms with Gasteiger partial charge in [0.2, 0.25) is 0 Å². The quantitative estimate of drug-likeness (QED) is 0.670. The second kappa shape index (κ2) is 6.36. The molecular weight excluding hydrogens is 245 g/mol. The van der Waals surface area contributed by atoms with Crippen LogP contribution in [-0.4, -0.2) is 19.1 Å². The van der Waals surface area contributed by atoms with Crippen LogP contribution in [0.3, 0.4) is 0 Å². The fourth-order valence-corrected chi connectivity index (χ4v) is 2.37. The van der Waals surface area contributed by atoms with Crippen LogP contribution in [0.15, 0.2) is 36.4 Å². The van der Waals surface area contributed by atoms with Crippen molar-refractivity contribution in [1.29, 1.82) is 0 Å². The van der Waals surface area contributed by atoms with E-state index >= 15 is 0 Å². The van der Waals surface area contributed by atoms with E-state index in [0.717, 1.165) is 19.3 Å². The summed E-state index contributed by atoms with van der Waals surface area (Å²) in [5.41, 5.74) is 0.602. The number of halogens is 1. The summed E-state index contributed by atoms with van der Waals surface area (Å²) in [5, 5.41) is 3.09. The van der Waals surface area contributed by atoms with E-state index in [-0.39, 0.29) is 17.7 Å². The molecule has 0 bridgehead atoms. The maximum Gasteiger partial charge on any atom is 0.328 e. The van der Waals surface area contributed by atoms with Crippen LogP contribution in [-0.2, 0) is 9.53 Å². The molecule has 0 heterocycles. The van der Waals surface area contributed by atoms with E-state index in [0.29, 0.717) is 5.69 Å². The number of benzene rings is 1. The van der Waals surface area contributed by atoms with Crippen molar-refractivity contribution in [2.24, 2.45) is 5.92 Å². The molecule has 19 heavy (non-hydrogen) atoms. The molecule has 4 heteroatoms. The van der Waals surface area contributed by atoms with E-state index in [1.165, 1.54) is 19.2 Å². The van der Waals surface area contributed by atoms with Gasteiger partial charge in [0.15, 0.2) is 0 Å². The molecule has 2 atom stereocenters. The summed E-state index contributed by atoms with van der Waals surface area (Å²) in [7, 11) is 1.38. The van der Waals surface area contributed by atoms with Gasteiger partial charge in [0.25, 0.3) is 0 Å². The van der Waals surface area contributed by atoms with Crippen LogP contribution in [0.5, 0.6) is 0 Å². The third-order valence-corrected chi connectivity index (χ3v) is 3.38. The van der Waals surface area contributed by atoms with Gasteiger partial charge in [-0.2, -0.15) is 0 Å². The molecule has 2 rings (SSSR count). The van der Waals surface area contributed by atoms with Gasteiger partial charge < -0.3 is 10.1 Å². The van der Waals surface area contributed by atoms with Gasteiger partial charge in [-0.15, -0.1) is 0 Å². The van der Waals surface area contributed by atoms with Gasteiger partial charge in [-0.05, 0) is 43.4 Å². The lowest BCUT2D eigenvalue weighted by Gasteiger charge is -2.27. The zero-order valence-corrected chi connectivity index (χ0v) is 10.9. The Balaban J connectivity index is 2.13. The molecule has 0 aliphatic heterocycles. The topological polar surface area (TPSA) is 38.3 Å². The highest BCUT2D eigenvalue weighted by Crippen LogP contribution is 2.25. The first kappa shape index (κ1) is 13.6. The SMILES string of the molecule is COC(=O)C(Nc1cccc(F)c1)C1CC=CCC1. The lowest BCUT2D eigenvalue weighted by atomic mass is 9.87. The lowest BCUT2D eigenvalue weighted by Crippen LogP contribution is -2.38. The highest BCUT2D eigenvalue weighted by Gasteiger charge is 2.29. The Bertz CT molecular complexity index is 473. The molecule has 0 saturated carbocycles. The van der Waals surface area contributed by atoms with Gasteiger partial charge in [0.1, 0.15) is 11.9 Å². The largest absolute Gasteiger partial charge is 0.467 e. The van der Waals surface area contributed by atoms with Crippen LogP contribution in [0.2, 0.25) is 0 Å². The molecule has 0 amide bonds. The van der Waals surface area contributed by atoms with Crippen molar-refractivity contribution in [2.75, 3.05) is 12.4 Å². The third-order valence-electron chi connectivity index (χ3n) is 3.38. The Kier molecular flexibility index (Phi) is 4.55. The van der Waals surface area contributed by atoms with Crippen LogP contribution in [0.25, 0.3) is 0 Å². The Morgan fingerprint density at radius 3 is 2.95 bits per heavy atom. The molecule has 0 fully saturated rings. The Hall–Kier alpha value is -1.84. The number of carbonyl (C=O) groups excluding carboxylic acids is 1. The molecule has 2 unspecified atom stereocenters. The summed E-state index contributed by atoms with van der Waals surface area (Å²) in [6.45, 7) is 0. The van der Waals surface area contributed by atoms with Crippen molar-refractivity contribution < 1.29 is 13.9 Å². The molecule has 1 aromatic carbocycles. The third kappa shape index (κ3) is 3.56. The number of hydrogen-bond donors (Lipinski definition) is 1. The fraction of sp³-hybridized carbons (Fsp3) is 0.400. The molecular formula is C15H18FNO2. The van der Waals surface area contributed by atoms with Crippen molar-refractivity contribution in [3.63, 3.8) is 0 Å². The maximum absolute atomic E-state index is 13.2. The highest BCUT2D eigenvalue weighted by atomic mass is 19.1.